The molecule has 0 radical (unpaired) electrons. The van der Waals surface area contributed by atoms with E-state index in [0.29, 0.717) is 18.4 Å². The lowest BCUT2D eigenvalue weighted by Crippen LogP contribution is -2.58. The van der Waals surface area contributed by atoms with Gasteiger partial charge in [-0.2, -0.15) is 5.06 Å². The summed E-state index contributed by atoms with van der Waals surface area (Å²) < 4.78 is 0. The predicted octanol–water partition coefficient (Wildman–Crippen LogP) is 7.16. The van der Waals surface area contributed by atoms with Gasteiger partial charge in [0, 0.05) is 32.2 Å². The Kier molecular flexibility index (Phi) is 9.29. The molecule has 5 aliphatic rings. The number of hydrogen-bond acceptors (Lipinski definition) is 4. The van der Waals surface area contributed by atoms with Crippen molar-refractivity contribution in [1.82, 2.24) is 14.9 Å². The van der Waals surface area contributed by atoms with Crippen LogP contribution < -0.4 is 0 Å². The maximum Gasteiger partial charge on any atom is 0.229 e. The first-order valence-electron chi connectivity index (χ1n) is 17.2. The van der Waals surface area contributed by atoms with E-state index in [9.17, 15) is 4.79 Å². The van der Waals surface area contributed by atoms with E-state index >= 15 is 0 Å². The first kappa shape index (κ1) is 30.1. The number of hydroxylamine groups is 2. The second-order valence-corrected chi connectivity index (χ2v) is 14.4. The molecule has 5 heteroatoms. The minimum absolute atomic E-state index is 0.0132. The molecular formula is C37H55N3O2. The van der Waals surface area contributed by atoms with Crippen molar-refractivity contribution in [1.29, 1.82) is 0 Å². The molecule has 5 atom stereocenters. The molecule has 6 rings (SSSR count). The van der Waals surface area contributed by atoms with Gasteiger partial charge in [-0.15, -0.1) is 13.2 Å². The number of hydrogen-bond donors (Lipinski definition) is 0. The van der Waals surface area contributed by atoms with Gasteiger partial charge in [-0.05, 0) is 98.1 Å². The van der Waals surface area contributed by atoms with E-state index < -0.39 is 0 Å². The second kappa shape index (κ2) is 13.0. The molecule has 0 N–H and O–H groups in total. The van der Waals surface area contributed by atoms with E-state index in [2.05, 4.69) is 60.1 Å². The summed E-state index contributed by atoms with van der Waals surface area (Å²) in [4.78, 5) is 24.4. The minimum atomic E-state index is -0.0132. The molecule has 2 saturated heterocycles. The number of carbonyl (C=O) groups excluding carboxylic acids is 1. The Labute approximate surface area is 255 Å². The number of piperidine rings is 1. The standard InChI is InChI=1S/C37H55N3O2/c1-5-8-12-34(6-2)40-25-32-21-28(14-15-31(32)26-42-40)20-30-11-9-10-13-35(30)39-23-33(24-39)29-16-18-38(19-17-29)36(41)37(7-3)22-27(37)4/h5-6,14-15,21,27,29-30,33-35H,1-2,7-13,16-20,22-26H2,3-4H3. The monoisotopic (exact) mass is 573 g/mol. The Hall–Kier alpha value is -1.95. The molecule has 2 aliphatic carbocycles. The number of allylic oxidation sites excluding steroid dienone is 1. The zero-order valence-electron chi connectivity index (χ0n) is 26.4. The summed E-state index contributed by atoms with van der Waals surface area (Å²) in [6, 6.07) is 8.12. The fourth-order valence-electron chi connectivity index (χ4n) is 8.99. The molecule has 3 heterocycles. The third kappa shape index (κ3) is 6.03. The van der Waals surface area contributed by atoms with Crippen LogP contribution in [-0.4, -0.2) is 59.0 Å². The molecule has 0 aromatic heterocycles. The van der Waals surface area contributed by atoms with Gasteiger partial charge in [0.15, 0.2) is 0 Å². The van der Waals surface area contributed by atoms with Gasteiger partial charge < -0.3 is 4.90 Å². The molecule has 42 heavy (non-hydrogen) atoms. The van der Waals surface area contributed by atoms with Crippen molar-refractivity contribution in [2.24, 2.45) is 29.1 Å². The summed E-state index contributed by atoms with van der Waals surface area (Å²) in [5, 5.41) is 2.13. The molecule has 0 bridgehead atoms. The molecule has 1 amide bonds. The van der Waals surface area contributed by atoms with Crippen LogP contribution in [0.5, 0.6) is 0 Å². The minimum Gasteiger partial charge on any atom is -0.342 e. The van der Waals surface area contributed by atoms with Crippen molar-refractivity contribution in [2.45, 2.75) is 110 Å². The van der Waals surface area contributed by atoms with Gasteiger partial charge in [0.1, 0.15) is 0 Å². The molecule has 4 fully saturated rings. The number of nitrogens with zero attached hydrogens (tertiary/aromatic N) is 3. The number of rotatable bonds is 11. The van der Waals surface area contributed by atoms with E-state index in [-0.39, 0.29) is 11.5 Å². The molecule has 1 aromatic rings. The van der Waals surface area contributed by atoms with Crippen LogP contribution in [-0.2, 0) is 29.2 Å². The van der Waals surface area contributed by atoms with Gasteiger partial charge in [-0.1, -0.05) is 57.0 Å². The average Bonchev–Trinajstić information content (AvgIpc) is 3.68. The maximum atomic E-state index is 13.2. The Balaban J connectivity index is 1.01. The van der Waals surface area contributed by atoms with Crippen LogP contribution in [0, 0.1) is 29.1 Å². The van der Waals surface area contributed by atoms with Crippen LogP contribution >= 0.6 is 0 Å². The third-order valence-corrected chi connectivity index (χ3v) is 12.1. The summed E-state index contributed by atoms with van der Waals surface area (Å²) in [7, 11) is 0. The lowest BCUT2D eigenvalue weighted by Gasteiger charge is -2.52. The summed E-state index contributed by atoms with van der Waals surface area (Å²) >= 11 is 0. The van der Waals surface area contributed by atoms with Gasteiger partial charge in [0.2, 0.25) is 5.91 Å². The average molecular weight is 574 g/mol. The molecule has 0 spiro atoms. The number of carbonyl (C=O) groups is 1. The van der Waals surface area contributed by atoms with Gasteiger partial charge in [-0.3, -0.25) is 14.5 Å². The fraction of sp³-hybridized carbons (Fsp3) is 0.703. The van der Waals surface area contributed by atoms with Gasteiger partial charge in [0.25, 0.3) is 0 Å². The Bertz CT molecular complexity index is 1120. The van der Waals surface area contributed by atoms with E-state index in [4.69, 9.17) is 4.84 Å². The number of benzene rings is 1. The first-order chi connectivity index (χ1) is 20.5. The Morgan fingerprint density at radius 1 is 1.10 bits per heavy atom. The molecule has 230 valence electrons. The van der Waals surface area contributed by atoms with E-state index in [1.807, 2.05) is 12.2 Å². The quantitative estimate of drug-likeness (QED) is 0.263. The van der Waals surface area contributed by atoms with Gasteiger partial charge >= 0.3 is 0 Å². The summed E-state index contributed by atoms with van der Waals surface area (Å²) in [6.45, 7) is 18.4. The van der Waals surface area contributed by atoms with Crippen molar-refractivity contribution >= 4 is 5.91 Å². The van der Waals surface area contributed by atoms with Crippen LogP contribution in [0.4, 0.5) is 0 Å². The van der Waals surface area contributed by atoms with Gasteiger partial charge in [-0.25, -0.2) is 0 Å². The zero-order chi connectivity index (χ0) is 29.3. The molecule has 5 unspecified atom stereocenters. The second-order valence-electron chi connectivity index (χ2n) is 14.4. The summed E-state index contributed by atoms with van der Waals surface area (Å²) in [6.07, 6.45) is 17.2. The third-order valence-electron chi connectivity index (χ3n) is 12.1. The highest BCUT2D eigenvalue weighted by Gasteiger charge is 2.57. The normalized spacial score (nSPS) is 31.7. The maximum absolute atomic E-state index is 13.2. The number of fused-ring (bicyclic) bond motifs is 1. The number of amides is 1. The zero-order valence-corrected chi connectivity index (χ0v) is 26.4. The van der Waals surface area contributed by atoms with Crippen molar-refractivity contribution in [3.05, 3.63) is 60.2 Å². The molecule has 5 nitrogen and oxygen atoms in total. The van der Waals surface area contributed by atoms with Gasteiger partial charge in [0.05, 0.1) is 24.6 Å². The van der Waals surface area contributed by atoms with Crippen molar-refractivity contribution in [2.75, 3.05) is 26.2 Å². The highest BCUT2D eigenvalue weighted by molar-refractivity contribution is 5.86. The van der Waals surface area contributed by atoms with Crippen LogP contribution in [0.3, 0.4) is 0 Å². The highest BCUT2D eigenvalue weighted by Crippen LogP contribution is 2.56. The number of likely N-dealkylation sites (tertiary alicyclic amines) is 2. The smallest absolute Gasteiger partial charge is 0.229 e. The van der Waals surface area contributed by atoms with Crippen LogP contribution in [0.15, 0.2) is 43.5 Å². The Morgan fingerprint density at radius 3 is 2.55 bits per heavy atom. The fourth-order valence-corrected chi connectivity index (χ4v) is 8.99. The van der Waals surface area contributed by atoms with Crippen molar-refractivity contribution in [3.8, 4) is 0 Å². The lowest BCUT2D eigenvalue weighted by atomic mass is 9.74. The van der Waals surface area contributed by atoms with Crippen LogP contribution in [0.25, 0.3) is 0 Å². The molecule has 1 aromatic carbocycles. The van der Waals surface area contributed by atoms with Crippen LogP contribution in [0.2, 0.25) is 0 Å². The van der Waals surface area contributed by atoms with E-state index in [1.54, 1.807) is 0 Å². The van der Waals surface area contributed by atoms with Crippen molar-refractivity contribution in [3.63, 3.8) is 0 Å². The molecule has 3 aliphatic heterocycles. The van der Waals surface area contributed by atoms with Crippen molar-refractivity contribution < 1.29 is 9.63 Å². The topological polar surface area (TPSA) is 36.0 Å². The Morgan fingerprint density at radius 2 is 1.86 bits per heavy atom. The summed E-state index contributed by atoms with van der Waals surface area (Å²) in [5.41, 5.74) is 4.24. The largest absolute Gasteiger partial charge is 0.342 e. The predicted molar refractivity (Wildman–Crippen MR) is 171 cm³/mol. The summed E-state index contributed by atoms with van der Waals surface area (Å²) in [5.74, 6) is 3.44. The molecular weight excluding hydrogens is 518 g/mol. The van der Waals surface area contributed by atoms with E-state index in [0.717, 1.165) is 69.1 Å². The molecule has 2 saturated carbocycles. The SMILES string of the molecule is C=CCCC(C=C)N1Cc2cc(CC3CCCCC3N3CC(C4CCN(C(=O)C5(CC)CC5C)CC4)C3)ccc2CO1. The first-order valence-corrected chi connectivity index (χ1v) is 17.2. The van der Waals surface area contributed by atoms with Crippen LogP contribution in [0.1, 0.15) is 94.7 Å². The van der Waals surface area contributed by atoms with E-state index in [1.165, 1.54) is 74.7 Å². The lowest BCUT2D eigenvalue weighted by molar-refractivity contribution is -0.204. The highest BCUT2D eigenvalue weighted by atomic mass is 16.7.